The molecule has 0 aliphatic rings. The van der Waals surface area contributed by atoms with Crippen LogP contribution < -0.4 is 21.9 Å². The van der Waals surface area contributed by atoms with E-state index in [1.807, 2.05) is 6.92 Å². The fourth-order valence-electron chi connectivity index (χ4n) is 3.05. The molecule has 2 heterocycles. The molecule has 172 valence electrons. The van der Waals surface area contributed by atoms with Gasteiger partial charge in [0.25, 0.3) is 11.5 Å². The molecule has 0 aliphatic carbocycles. The Labute approximate surface area is 187 Å². The zero-order valence-electron chi connectivity index (χ0n) is 18.0. The van der Waals surface area contributed by atoms with Crippen LogP contribution in [0.2, 0.25) is 0 Å². The molecule has 3 aromatic rings. The summed E-state index contributed by atoms with van der Waals surface area (Å²) in [5, 5.41) is 14.9. The van der Waals surface area contributed by atoms with Gasteiger partial charge in [-0.25, -0.2) is 14.8 Å². The lowest BCUT2D eigenvalue weighted by molar-refractivity contribution is -0.139. The van der Waals surface area contributed by atoms with Crippen LogP contribution in [-0.2, 0) is 9.59 Å². The number of Topliss-reactive ketones (excluding diaryl/α,β-unsaturated/α-hetero) is 1. The predicted octanol–water partition coefficient (Wildman–Crippen LogP) is 1.02. The van der Waals surface area contributed by atoms with Crippen LogP contribution in [0.25, 0.3) is 11.2 Å². The van der Waals surface area contributed by atoms with Crippen LogP contribution in [0, 0.1) is 0 Å². The number of nitrogen functional groups attached to an aromatic ring is 1. The summed E-state index contributed by atoms with van der Waals surface area (Å²) in [6.45, 7) is 3.18. The second-order valence-corrected chi connectivity index (χ2v) is 7.47. The number of hydrogen-bond acceptors (Lipinski definition) is 9. The molecule has 0 bridgehead atoms. The molecule has 6 N–H and O–H groups in total. The molecular weight excluding hydrogens is 430 g/mol. The van der Waals surface area contributed by atoms with Gasteiger partial charge in [-0.1, -0.05) is 0 Å². The van der Waals surface area contributed by atoms with Gasteiger partial charge >= 0.3 is 5.97 Å². The van der Waals surface area contributed by atoms with E-state index in [-0.39, 0.29) is 47.3 Å². The molecule has 0 saturated heterocycles. The number of H-pyrrole nitrogens is 1. The molecule has 1 aromatic carbocycles. The van der Waals surface area contributed by atoms with E-state index in [4.69, 9.17) is 5.73 Å². The lowest BCUT2D eigenvalue weighted by Gasteiger charge is -2.16. The number of rotatable bonds is 9. The average Bonchev–Trinajstić information content (AvgIpc) is 2.76. The molecule has 0 fully saturated rings. The first kappa shape index (κ1) is 23.3. The Balaban J connectivity index is 1.68. The molecular formula is C21H23N7O5. The summed E-state index contributed by atoms with van der Waals surface area (Å²) in [5.41, 5.74) is 6.66. The maximum Gasteiger partial charge on any atom is 0.326 e. The fourth-order valence-corrected chi connectivity index (χ4v) is 3.05. The van der Waals surface area contributed by atoms with Crippen molar-refractivity contribution in [2.24, 2.45) is 0 Å². The first-order valence-electron chi connectivity index (χ1n) is 10.1. The minimum atomic E-state index is -1.20. The minimum Gasteiger partial charge on any atom is -0.480 e. The molecule has 2 atom stereocenters. The summed E-state index contributed by atoms with van der Waals surface area (Å²) < 4.78 is 0. The highest BCUT2D eigenvalue weighted by Crippen LogP contribution is 2.19. The van der Waals surface area contributed by atoms with Crippen LogP contribution in [0.15, 0.2) is 35.3 Å². The Morgan fingerprint density at radius 1 is 1.18 bits per heavy atom. The lowest BCUT2D eigenvalue weighted by Crippen LogP contribution is -2.41. The summed E-state index contributed by atoms with van der Waals surface area (Å²) in [6, 6.07) is 4.90. The van der Waals surface area contributed by atoms with E-state index in [9.17, 15) is 24.3 Å². The smallest absolute Gasteiger partial charge is 0.326 e. The fraction of sp³-hybridized carbons (Fsp3) is 0.286. The Morgan fingerprint density at radius 3 is 2.52 bits per heavy atom. The van der Waals surface area contributed by atoms with Crippen LogP contribution in [0.5, 0.6) is 0 Å². The Morgan fingerprint density at radius 2 is 1.88 bits per heavy atom. The number of aliphatic carboxylic acids is 1. The average molecular weight is 453 g/mol. The van der Waals surface area contributed by atoms with Crippen LogP contribution in [0.4, 0.5) is 11.6 Å². The second-order valence-electron chi connectivity index (χ2n) is 7.47. The molecule has 0 radical (unpaired) electrons. The van der Waals surface area contributed by atoms with Gasteiger partial charge in [0.1, 0.15) is 11.8 Å². The Kier molecular flexibility index (Phi) is 6.96. The molecule has 0 saturated carbocycles. The van der Waals surface area contributed by atoms with Gasteiger partial charge in [-0.2, -0.15) is 4.98 Å². The van der Waals surface area contributed by atoms with Crippen molar-refractivity contribution in [3.8, 4) is 0 Å². The van der Waals surface area contributed by atoms with E-state index >= 15 is 0 Å². The zero-order chi connectivity index (χ0) is 24.1. The summed E-state index contributed by atoms with van der Waals surface area (Å²) in [5.74, 6) is -1.96. The first-order chi connectivity index (χ1) is 15.6. The number of benzene rings is 1. The van der Waals surface area contributed by atoms with E-state index in [1.165, 1.54) is 25.3 Å². The van der Waals surface area contributed by atoms with Crippen LogP contribution in [0.1, 0.15) is 48.8 Å². The Hall–Kier alpha value is -4.35. The van der Waals surface area contributed by atoms with Crippen molar-refractivity contribution in [2.45, 2.75) is 38.8 Å². The number of ketones is 1. The van der Waals surface area contributed by atoms with Gasteiger partial charge in [0, 0.05) is 17.7 Å². The third kappa shape index (κ3) is 5.87. The normalized spacial score (nSPS) is 12.7. The summed E-state index contributed by atoms with van der Waals surface area (Å²) in [7, 11) is 0. The number of hydrogen-bond donors (Lipinski definition) is 5. The number of carbonyl (C=O) groups excluding carboxylic acids is 2. The Bertz CT molecular complexity index is 1260. The van der Waals surface area contributed by atoms with E-state index in [0.29, 0.717) is 11.4 Å². The number of nitrogens with one attached hydrogen (secondary N) is 3. The number of aromatic nitrogens is 4. The van der Waals surface area contributed by atoms with Crippen molar-refractivity contribution in [1.82, 2.24) is 25.3 Å². The molecule has 1 amide bonds. The van der Waals surface area contributed by atoms with Gasteiger partial charge in [0.2, 0.25) is 5.95 Å². The number of nitrogens with two attached hydrogens (primary N) is 1. The van der Waals surface area contributed by atoms with Crippen molar-refractivity contribution >= 4 is 40.5 Å². The third-order valence-electron chi connectivity index (χ3n) is 4.82. The van der Waals surface area contributed by atoms with Crippen molar-refractivity contribution in [3.05, 3.63) is 52.1 Å². The lowest BCUT2D eigenvalue weighted by atomic mass is 10.1. The van der Waals surface area contributed by atoms with Crippen molar-refractivity contribution in [1.29, 1.82) is 0 Å². The third-order valence-corrected chi connectivity index (χ3v) is 4.82. The SMILES string of the molecule is CC(=O)CC[C@H](NC(=O)c1ccc(NC(C)c2cnc3nc(N)[nH]c(=O)c3n2)cc1)C(=O)O. The zero-order valence-corrected chi connectivity index (χ0v) is 18.0. The highest BCUT2D eigenvalue weighted by molar-refractivity contribution is 5.97. The molecule has 1 unspecified atom stereocenters. The molecule has 3 rings (SSSR count). The van der Waals surface area contributed by atoms with Gasteiger partial charge in [0.15, 0.2) is 11.2 Å². The summed E-state index contributed by atoms with van der Waals surface area (Å²) >= 11 is 0. The summed E-state index contributed by atoms with van der Waals surface area (Å²) in [6.07, 6.45) is 1.57. The number of carbonyl (C=O) groups is 3. The van der Waals surface area contributed by atoms with E-state index in [0.717, 1.165) is 0 Å². The number of nitrogens with zero attached hydrogens (tertiary/aromatic N) is 3. The molecule has 0 spiro atoms. The predicted molar refractivity (Wildman–Crippen MR) is 120 cm³/mol. The number of fused-ring (bicyclic) bond motifs is 1. The van der Waals surface area contributed by atoms with E-state index in [1.54, 1.807) is 12.1 Å². The maximum atomic E-state index is 12.4. The van der Waals surface area contributed by atoms with Crippen LogP contribution >= 0.6 is 0 Å². The standard InChI is InChI=1S/C21H23N7O5/c1-10(29)3-8-14(20(32)33)26-18(30)12-4-6-13(7-5-12)24-11(2)15-9-23-17-16(25-15)19(31)28-21(22)27-17/h4-7,9,11,14,24H,3,8H2,1-2H3,(H,26,30)(H,32,33)(H3,22,23,27,28,31)/t11?,14-/m0/s1. The maximum absolute atomic E-state index is 12.4. The molecule has 2 aromatic heterocycles. The van der Waals surface area contributed by atoms with Crippen LogP contribution in [0.3, 0.4) is 0 Å². The monoisotopic (exact) mass is 453 g/mol. The van der Waals surface area contributed by atoms with Gasteiger partial charge in [-0.3, -0.25) is 14.6 Å². The van der Waals surface area contributed by atoms with Gasteiger partial charge in [-0.05, 0) is 44.5 Å². The molecule has 12 nitrogen and oxygen atoms in total. The van der Waals surface area contributed by atoms with Crippen molar-refractivity contribution in [2.75, 3.05) is 11.1 Å². The van der Waals surface area contributed by atoms with Gasteiger partial charge in [-0.15, -0.1) is 0 Å². The van der Waals surface area contributed by atoms with Crippen LogP contribution in [-0.4, -0.2) is 48.7 Å². The molecule has 33 heavy (non-hydrogen) atoms. The number of amides is 1. The first-order valence-corrected chi connectivity index (χ1v) is 10.1. The number of anilines is 2. The number of carboxylic acids is 1. The molecule has 12 heteroatoms. The highest BCUT2D eigenvalue weighted by Gasteiger charge is 2.21. The quantitative estimate of drug-likeness (QED) is 0.312. The molecule has 0 aliphatic heterocycles. The van der Waals surface area contributed by atoms with E-state index in [2.05, 4.69) is 30.6 Å². The van der Waals surface area contributed by atoms with E-state index < -0.39 is 23.5 Å². The van der Waals surface area contributed by atoms with Gasteiger partial charge < -0.3 is 26.3 Å². The number of aromatic amines is 1. The largest absolute Gasteiger partial charge is 0.480 e. The second kappa shape index (κ2) is 9.85. The van der Waals surface area contributed by atoms with Gasteiger partial charge in [0.05, 0.1) is 17.9 Å². The number of carboxylic acid groups (broad SMARTS) is 1. The topological polar surface area (TPSA) is 193 Å². The van der Waals surface area contributed by atoms with Crippen molar-refractivity contribution < 1.29 is 19.5 Å². The highest BCUT2D eigenvalue weighted by atomic mass is 16.4. The van der Waals surface area contributed by atoms with Crippen molar-refractivity contribution in [3.63, 3.8) is 0 Å². The minimum absolute atomic E-state index is 0.0191. The summed E-state index contributed by atoms with van der Waals surface area (Å²) in [4.78, 5) is 61.6.